The molecule has 0 spiro atoms. The van der Waals surface area contributed by atoms with Gasteiger partial charge in [0.05, 0.1) is 18.6 Å². The van der Waals surface area contributed by atoms with Crippen molar-refractivity contribution in [1.29, 1.82) is 0 Å². The molecule has 1 aliphatic rings. The molecule has 1 amide bonds. The number of carboxylic acids is 1. The van der Waals surface area contributed by atoms with Crippen molar-refractivity contribution in [3.63, 3.8) is 0 Å². The molecule has 102 valence electrons. The summed E-state index contributed by atoms with van der Waals surface area (Å²) in [4.78, 5) is 26.3. The van der Waals surface area contributed by atoms with Crippen molar-refractivity contribution >= 4 is 11.9 Å². The van der Waals surface area contributed by atoms with E-state index in [4.69, 9.17) is 9.84 Å². The van der Waals surface area contributed by atoms with Crippen LogP contribution in [0.2, 0.25) is 0 Å². The van der Waals surface area contributed by atoms with Crippen LogP contribution in [0.1, 0.15) is 29.4 Å². The number of hydrogen-bond acceptors (Lipinski definition) is 4. The van der Waals surface area contributed by atoms with Crippen LogP contribution in [0.3, 0.4) is 0 Å². The number of amides is 1. The Morgan fingerprint density at radius 3 is 2.84 bits per heavy atom. The third-order valence-corrected chi connectivity index (χ3v) is 3.08. The quantitative estimate of drug-likeness (QED) is 0.840. The zero-order valence-electron chi connectivity index (χ0n) is 10.6. The Morgan fingerprint density at radius 2 is 2.32 bits per heavy atom. The van der Waals surface area contributed by atoms with E-state index < -0.39 is 5.97 Å². The fourth-order valence-corrected chi connectivity index (χ4v) is 1.99. The molecule has 0 saturated carbocycles. The average molecular weight is 264 g/mol. The maximum atomic E-state index is 11.8. The van der Waals surface area contributed by atoms with E-state index in [1.165, 1.54) is 12.3 Å². The van der Waals surface area contributed by atoms with Gasteiger partial charge in [-0.2, -0.15) is 0 Å². The summed E-state index contributed by atoms with van der Waals surface area (Å²) in [6.45, 7) is 2.75. The second kappa shape index (κ2) is 5.79. The van der Waals surface area contributed by atoms with Crippen molar-refractivity contribution in [2.45, 2.75) is 26.0 Å². The van der Waals surface area contributed by atoms with E-state index in [0.29, 0.717) is 13.2 Å². The number of nitrogens with zero attached hydrogens (tertiary/aromatic N) is 1. The number of pyridine rings is 1. The minimum Gasteiger partial charge on any atom is -0.477 e. The first-order valence-corrected chi connectivity index (χ1v) is 6.14. The van der Waals surface area contributed by atoms with Gasteiger partial charge in [0.1, 0.15) is 5.69 Å². The van der Waals surface area contributed by atoms with E-state index in [1.54, 1.807) is 6.07 Å². The van der Waals surface area contributed by atoms with E-state index in [0.717, 1.165) is 12.0 Å². The predicted octanol–water partition coefficient (Wildman–Crippen LogP) is 0.821. The Morgan fingerprint density at radius 1 is 1.53 bits per heavy atom. The fourth-order valence-electron chi connectivity index (χ4n) is 1.99. The van der Waals surface area contributed by atoms with Crippen molar-refractivity contribution in [2.75, 3.05) is 6.61 Å². The molecule has 0 radical (unpaired) electrons. The Labute approximate surface area is 110 Å². The van der Waals surface area contributed by atoms with E-state index in [-0.39, 0.29) is 23.6 Å². The SMILES string of the molecule is CC1CC(C(=O)NCc2ccc(C(=O)O)nc2)CO1. The number of hydrogen-bond donors (Lipinski definition) is 2. The molecule has 1 aromatic rings. The number of carbonyl (C=O) groups is 2. The van der Waals surface area contributed by atoms with Crippen LogP contribution in [0, 0.1) is 5.92 Å². The van der Waals surface area contributed by atoms with Crippen molar-refractivity contribution in [3.05, 3.63) is 29.6 Å². The first kappa shape index (κ1) is 13.5. The highest BCUT2D eigenvalue weighted by atomic mass is 16.5. The minimum atomic E-state index is -1.06. The number of rotatable bonds is 4. The lowest BCUT2D eigenvalue weighted by atomic mass is 10.1. The van der Waals surface area contributed by atoms with Gasteiger partial charge in [-0.3, -0.25) is 4.79 Å². The molecule has 1 fully saturated rings. The third-order valence-electron chi connectivity index (χ3n) is 3.08. The lowest BCUT2D eigenvalue weighted by molar-refractivity contribution is -0.125. The number of carbonyl (C=O) groups excluding carboxylic acids is 1. The number of aromatic carboxylic acids is 1. The average Bonchev–Trinajstić information content (AvgIpc) is 2.83. The number of aromatic nitrogens is 1. The van der Waals surface area contributed by atoms with Gasteiger partial charge in [-0.1, -0.05) is 6.07 Å². The molecule has 1 aliphatic heterocycles. The summed E-state index contributed by atoms with van der Waals surface area (Å²) < 4.78 is 5.34. The van der Waals surface area contributed by atoms with Crippen LogP contribution in [-0.2, 0) is 16.1 Å². The number of carboxylic acid groups (broad SMARTS) is 1. The zero-order valence-corrected chi connectivity index (χ0v) is 10.6. The molecular weight excluding hydrogens is 248 g/mol. The highest BCUT2D eigenvalue weighted by Gasteiger charge is 2.27. The smallest absolute Gasteiger partial charge is 0.354 e. The van der Waals surface area contributed by atoms with Gasteiger partial charge >= 0.3 is 5.97 Å². The van der Waals surface area contributed by atoms with Crippen LogP contribution >= 0.6 is 0 Å². The highest BCUT2D eigenvalue weighted by molar-refractivity contribution is 5.85. The minimum absolute atomic E-state index is 0.00639. The molecule has 0 aromatic carbocycles. The van der Waals surface area contributed by atoms with E-state index in [9.17, 15) is 9.59 Å². The topological polar surface area (TPSA) is 88.5 Å². The van der Waals surface area contributed by atoms with Crippen molar-refractivity contribution < 1.29 is 19.4 Å². The van der Waals surface area contributed by atoms with Gasteiger partial charge in [-0.15, -0.1) is 0 Å². The van der Waals surface area contributed by atoms with Gasteiger partial charge in [0, 0.05) is 12.7 Å². The molecule has 2 rings (SSSR count). The Bertz CT molecular complexity index is 472. The molecule has 19 heavy (non-hydrogen) atoms. The van der Waals surface area contributed by atoms with Crippen molar-refractivity contribution in [3.8, 4) is 0 Å². The van der Waals surface area contributed by atoms with Crippen LogP contribution in [0.15, 0.2) is 18.3 Å². The molecular formula is C13H16N2O4. The molecule has 2 unspecified atom stereocenters. The lowest BCUT2D eigenvalue weighted by Crippen LogP contribution is -2.30. The lowest BCUT2D eigenvalue weighted by Gasteiger charge is -2.09. The van der Waals surface area contributed by atoms with Crippen LogP contribution in [-0.4, -0.2) is 34.7 Å². The summed E-state index contributed by atoms with van der Waals surface area (Å²) in [6.07, 6.45) is 2.33. The second-order valence-electron chi connectivity index (χ2n) is 4.65. The molecule has 6 nitrogen and oxygen atoms in total. The van der Waals surface area contributed by atoms with Gasteiger partial charge in [0.15, 0.2) is 0 Å². The van der Waals surface area contributed by atoms with Crippen LogP contribution < -0.4 is 5.32 Å². The second-order valence-corrected chi connectivity index (χ2v) is 4.65. The molecule has 2 atom stereocenters. The molecule has 6 heteroatoms. The number of ether oxygens (including phenoxy) is 1. The largest absolute Gasteiger partial charge is 0.477 e. The summed E-state index contributed by atoms with van der Waals surface area (Å²) in [7, 11) is 0. The fraction of sp³-hybridized carbons (Fsp3) is 0.462. The molecule has 2 N–H and O–H groups in total. The maximum Gasteiger partial charge on any atom is 0.354 e. The van der Waals surface area contributed by atoms with E-state index in [2.05, 4.69) is 10.3 Å². The zero-order chi connectivity index (χ0) is 13.8. The monoisotopic (exact) mass is 264 g/mol. The summed E-state index contributed by atoms with van der Waals surface area (Å²) in [5, 5.41) is 11.5. The van der Waals surface area contributed by atoms with Gasteiger partial charge in [0.2, 0.25) is 5.91 Å². The van der Waals surface area contributed by atoms with Crippen molar-refractivity contribution in [1.82, 2.24) is 10.3 Å². The van der Waals surface area contributed by atoms with Crippen LogP contribution in [0.5, 0.6) is 0 Å². The Balaban J connectivity index is 1.85. The molecule has 0 bridgehead atoms. The molecule has 1 saturated heterocycles. The molecule has 1 aromatic heterocycles. The van der Waals surface area contributed by atoms with Gasteiger partial charge in [0.25, 0.3) is 0 Å². The summed E-state index contributed by atoms with van der Waals surface area (Å²) in [6, 6.07) is 3.06. The maximum absolute atomic E-state index is 11.8. The highest BCUT2D eigenvalue weighted by Crippen LogP contribution is 2.19. The normalized spacial score (nSPS) is 22.2. The Kier molecular flexibility index (Phi) is 4.11. The van der Waals surface area contributed by atoms with E-state index >= 15 is 0 Å². The first-order chi connectivity index (χ1) is 9.06. The van der Waals surface area contributed by atoms with Gasteiger partial charge in [-0.05, 0) is 25.0 Å². The Hall–Kier alpha value is -1.95. The van der Waals surface area contributed by atoms with Crippen molar-refractivity contribution in [2.24, 2.45) is 5.92 Å². The van der Waals surface area contributed by atoms with E-state index in [1.807, 2.05) is 6.92 Å². The summed E-state index contributed by atoms with van der Waals surface area (Å²) >= 11 is 0. The number of nitrogens with one attached hydrogen (secondary N) is 1. The van der Waals surface area contributed by atoms with Crippen LogP contribution in [0.25, 0.3) is 0 Å². The molecule has 2 heterocycles. The van der Waals surface area contributed by atoms with Gasteiger partial charge in [-0.25, -0.2) is 9.78 Å². The van der Waals surface area contributed by atoms with Gasteiger partial charge < -0.3 is 15.2 Å². The summed E-state index contributed by atoms with van der Waals surface area (Å²) in [5.41, 5.74) is 0.762. The van der Waals surface area contributed by atoms with Crippen LogP contribution in [0.4, 0.5) is 0 Å². The predicted molar refractivity (Wildman–Crippen MR) is 66.6 cm³/mol. The molecule has 0 aliphatic carbocycles. The standard InChI is InChI=1S/C13H16N2O4/c1-8-4-10(7-19-8)12(16)15-6-9-2-3-11(13(17)18)14-5-9/h2-3,5,8,10H,4,6-7H2,1H3,(H,15,16)(H,17,18). The third kappa shape index (κ3) is 3.51. The summed E-state index contributed by atoms with van der Waals surface area (Å²) in [5.74, 6) is -1.19. The first-order valence-electron chi connectivity index (χ1n) is 6.14.